The molecule has 1 unspecified atom stereocenters. The summed E-state index contributed by atoms with van der Waals surface area (Å²) in [6.07, 6.45) is 8.93. The molecule has 18 heavy (non-hydrogen) atoms. The van der Waals surface area contributed by atoms with E-state index in [-0.39, 0.29) is 6.04 Å². The minimum atomic E-state index is 0.184. The van der Waals surface area contributed by atoms with Crippen LogP contribution in [0.4, 0.5) is 0 Å². The van der Waals surface area contributed by atoms with E-state index in [0.717, 1.165) is 22.9 Å². The van der Waals surface area contributed by atoms with Gasteiger partial charge in [-0.15, -0.1) is 0 Å². The zero-order chi connectivity index (χ0) is 12.8. The maximum absolute atomic E-state index is 5.61. The predicted molar refractivity (Wildman–Crippen MR) is 74.7 cm³/mol. The van der Waals surface area contributed by atoms with Crippen molar-refractivity contribution in [1.82, 2.24) is 15.4 Å². The van der Waals surface area contributed by atoms with E-state index < -0.39 is 0 Å². The van der Waals surface area contributed by atoms with Crippen LogP contribution in [0.15, 0.2) is 47.5 Å². The maximum atomic E-state index is 5.61. The number of pyridine rings is 2. The second-order valence-corrected chi connectivity index (χ2v) is 5.05. The Hall–Kier alpha value is -1.30. The van der Waals surface area contributed by atoms with Crippen molar-refractivity contribution in [2.45, 2.75) is 18.9 Å². The normalized spacial score (nSPS) is 12.3. The third kappa shape index (κ3) is 3.87. The van der Waals surface area contributed by atoms with Gasteiger partial charge in [0.05, 0.1) is 0 Å². The van der Waals surface area contributed by atoms with Crippen LogP contribution in [0, 0.1) is 0 Å². The van der Waals surface area contributed by atoms with Gasteiger partial charge in [-0.3, -0.25) is 21.2 Å². The fraction of sp³-hybridized carbons (Fsp3) is 0.231. The van der Waals surface area contributed by atoms with Crippen molar-refractivity contribution in [3.8, 4) is 0 Å². The molecule has 0 saturated carbocycles. The number of hydrazine groups is 1. The van der Waals surface area contributed by atoms with Gasteiger partial charge in [0.15, 0.2) is 0 Å². The number of aromatic nitrogens is 2. The van der Waals surface area contributed by atoms with E-state index in [0.29, 0.717) is 0 Å². The van der Waals surface area contributed by atoms with E-state index in [2.05, 4.69) is 37.4 Å². The SMILES string of the molecule is NNC(Cc1ccncc1)Cc1cncc(Br)c1. The molecule has 0 saturated heterocycles. The quantitative estimate of drug-likeness (QED) is 0.654. The zero-order valence-corrected chi connectivity index (χ0v) is 11.5. The van der Waals surface area contributed by atoms with Crippen molar-refractivity contribution in [2.24, 2.45) is 5.84 Å². The molecule has 2 aromatic rings. The summed E-state index contributed by atoms with van der Waals surface area (Å²) < 4.78 is 0.986. The van der Waals surface area contributed by atoms with Crippen LogP contribution < -0.4 is 11.3 Å². The van der Waals surface area contributed by atoms with Crippen LogP contribution >= 0.6 is 15.9 Å². The summed E-state index contributed by atoms with van der Waals surface area (Å²) in [6, 6.07) is 6.25. The maximum Gasteiger partial charge on any atom is 0.0410 e. The number of nitrogens with zero attached hydrogens (tertiary/aromatic N) is 2. The molecule has 0 aromatic carbocycles. The largest absolute Gasteiger partial charge is 0.271 e. The fourth-order valence-corrected chi connectivity index (χ4v) is 2.26. The summed E-state index contributed by atoms with van der Waals surface area (Å²) in [4.78, 5) is 8.16. The molecule has 94 valence electrons. The Kier molecular flexibility index (Phi) is 4.81. The molecular weight excluding hydrogens is 292 g/mol. The van der Waals surface area contributed by atoms with Crippen LogP contribution in [0.3, 0.4) is 0 Å². The highest BCUT2D eigenvalue weighted by Crippen LogP contribution is 2.12. The summed E-state index contributed by atoms with van der Waals surface area (Å²) in [5, 5.41) is 0. The molecular formula is C13H15BrN4. The van der Waals surface area contributed by atoms with Crippen LogP contribution in [0.25, 0.3) is 0 Å². The topological polar surface area (TPSA) is 63.8 Å². The molecule has 0 fully saturated rings. The van der Waals surface area contributed by atoms with Gasteiger partial charge in [0.2, 0.25) is 0 Å². The monoisotopic (exact) mass is 306 g/mol. The van der Waals surface area contributed by atoms with E-state index in [4.69, 9.17) is 5.84 Å². The van der Waals surface area contributed by atoms with Crippen molar-refractivity contribution in [3.63, 3.8) is 0 Å². The summed E-state index contributed by atoms with van der Waals surface area (Å²) in [6.45, 7) is 0. The van der Waals surface area contributed by atoms with Gasteiger partial charge in [0.1, 0.15) is 0 Å². The van der Waals surface area contributed by atoms with Crippen LogP contribution in [0.2, 0.25) is 0 Å². The van der Waals surface area contributed by atoms with Crippen LogP contribution in [0.1, 0.15) is 11.1 Å². The summed E-state index contributed by atoms with van der Waals surface area (Å²) >= 11 is 3.42. The molecule has 0 radical (unpaired) electrons. The first-order valence-electron chi connectivity index (χ1n) is 5.72. The summed E-state index contributed by atoms with van der Waals surface area (Å²) in [7, 11) is 0. The first kappa shape index (κ1) is 13.1. The van der Waals surface area contributed by atoms with Crippen LogP contribution in [-0.2, 0) is 12.8 Å². The lowest BCUT2D eigenvalue weighted by Gasteiger charge is -2.15. The lowest BCUT2D eigenvalue weighted by Crippen LogP contribution is -2.38. The molecule has 0 spiro atoms. The fourth-order valence-electron chi connectivity index (χ4n) is 1.85. The lowest BCUT2D eigenvalue weighted by molar-refractivity contribution is 0.521. The average molecular weight is 307 g/mol. The number of nitrogens with one attached hydrogen (secondary N) is 1. The van der Waals surface area contributed by atoms with Gasteiger partial charge in [-0.05, 0) is 58.1 Å². The summed E-state index contributed by atoms with van der Waals surface area (Å²) in [5.74, 6) is 5.61. The smallest absolute Gasteiger partial charge is 0.0410 e. The summed E-state index contributed by atoms with van der Waals surface area (Å²) in [5.41, 5.74) is 5.23. The number of nitrogens with two attached hydrogens (primary N) is 1. The van der Waals surface area contributed by atoms with Gasteiger partial charge in [0.25, 0.3) is 0 Å². The lowest BCUT2D eigenvalue weighted by atomic mass is 10.0. The Morgan fingerprint density at radius 1 is 1.11 bits per heavy atom. The average Bonchev–Trinajstić information content (AvgIpc) is 2.39. The predicted octanol–water partition coefficient (Wildman–Crippen LogP) is 1.86. The molecule has 2 heterocycles. The van der Waals surface area contributed by atoms with E-state index in [1.54, 1.807) is 18.6 Å². The molecule has 0 aliphatic heterocycles. The van der Waals surface area contributed by atoms with Crippen molar-refractivity contribution in [1.29, 1.82) is 0 Å². The molecule has 5 heteroatoms. The van der Waals surface area contributed by atoms with E-state index in [1.165, 1.54) is 5.56 Å². The second-order valence-electron chi connectivity index (χ2n) is 4.14. The molecule has 4 nitrogen and oxygen atoms in total. The third-order valence-corrected chi connectivity index (χ3v) is 3.14. The molecule has 0 amide bonds. The number of halogens is 1. The molecule has 0 aliphatic rings. The van der Waals surface area contributed by atoms with Crippen LogP contribution in [-0.4, -0.2) is 16.0 Å². The minimum Gasteiger partial charge on any atom is -0.271 e. The van der Waals surface area contributed by atoms with E-state index in [9.17, 15) is 0 Å². The Labute approximate surface area is 115 Å². The van der Waals surface area contributed by atoms with Gasteiger partial charge in [-0.25, -0.2) is 0 Å². The van der Waals surface area contributed by atoms with Gasteiger partial charge in [-0.1, -0.05) is 0 Å². The Balaban J connectivity index is 2.01. The number of rotatable bonds is 5. The van der Waals surface area contributed by atoms with Crippen LogP contribution in [0.5, 0.6) is 0 Å². The Morgan fingerprint density at radius 3 is 2.50 bits per heavy atom. The number of hydrogen-bond acceptors (Lipinski definition) is 4. The van der Waals surface area contributed by atoms with E-state index in [1.807, 2.05) is 18.3 Å². The third-order valence-electron chi connectivity index (χ3n) is 2.71. The molecule has 3 N–H and O–H groups in total. The minimum absolute atomic E-state index is 0.184. The van der Waals surface area contributed by atoms with Crippen molar-refractivity contribution in [2.75, 3.05) is 0 Å². The first-order chi connectivity index (χ1) is 8.78. The first-order valence-corrected chi connectivity index (χ1v) is 6.51. The molecule has 1 atom stereocenters. The molecule has 2 aromatic heterocycles. The van der Waals surface area contributed by atoms with Crippen molar-refractivity contribution >= 4 is 15.9 Å². The van der Waals surface area contributed by atoms with Gasteiger partial charge in [-0.2, -0.15) is 0 Å². The number of hydrogen-bond donors (Lipinski definition) is 2. The zero-order valence-electron chi connectivity index (χ0n) is 9.88. The molecule has 0 bridgehead atoms. The van der Waals surface area contributed by atoms with Gasteiger partial charge in [0, 0.05) is 35.3 Å². The van der Waals surface area contributed by atoms with E-state index >= 15 is 0 Å². The van der Waals surface area contributed by atoms with Gasteiger partial charge < -0.3 is 0 Å². The highest BCUT2D eigenvalue weighted by atomic mass is 79.9. The highest BCUT2D eigenvalue weighted by Gasteiger charge is 2.09. The molecule has 0 aliphatic carbocycles. The Bertz CT molecular complexity index is 489. The highest BCUT2D eigenvalue weighted by molar-refractivity contribution is 9.10. The van der Waals surface area contributed by atoms with Gasteiger partial charge >= 0.3 is 0 Å². The van der Waals surface area contributed by atoms with Crippen molar-refractivity contribution in [3.05, 3.63) is 58.6 Å². The standard InChI is InChI=1S/C13H15BrN4/c14-12-5-11(8-17-9-12)7-13(18-15)6-10-1-3-16-4-2-10/h1-5,8-9,13,18H,6-7,15H2. The second kappa shape index (κ2) is 6.58. The van der Waals surface area contributed by atoms with Crippen molar-refractivity contribution < 1.29 is 0 Å². The molecule has 2 rings (SSSR count). The Morgan fingerprint density at radius 2 is 1.83 bits per heavy atom.